The van der Waals surface area contributed by atoms with E-state index in [-0.39, 0.29) is 0 Å². The van der Waals surface area contributed by atoms with E-state index in [2.05, 4.69) is 27.0 Å². The second kappa shape index (κ2) is 3.66. The van der Waals surface area contributed by atoms with Gasteiger partial charge >= 0.3 is 0 Å². The SMILES string of the molecule is COc1nc2c(cc1Br)CCCC2. The summed E-state index contributed by atoms with van der Waals surface area (Å²) < 4.78 is 6.12. The largest absolute Gasteiger partial charge is 0.480 e. The zero-order valence-corrected chi connectivity index (χ0v) is 9.23. The van der Waals surface area contributed by atoms with E-state index in [4.69, 9.17) is 4.74 Å². The summed E-state index contributed by atoms with van der Waals surface area (Å²) >= 11 is 3.45. The van der Waals surface area contributed by atoms with Crippen molar-refractivity contribution >= 4 is 15.9 Å². The molecule has 2 nitrogen and oxygen atoms in total. The van der Waals surface area contributed by atoms with E-state index in [1.54, 1.807) is 7.11 Å². The molecule has 1 heterocycles. The van der Waals surface area contributed by atoms with E-state index in [1.807, 2.05) is 0 Å². The third kappa shape index (κ3) is 1.70. The summed E-state index contributed by atoms with van der Waals surface area (Å²) in [5.74, 6) is 0.709. The highest BCUT2D eigenvalue weighted by molar-refractivity contribution is 9.10. The minimum absolute atomic E-state index is 0.709. The van der Waals surface area contributed by atoms with Crippen molar-refractivity contribution in [1.82, 2.24) is 4.98 Å². The summed E-state index contributed by atoms with van der Waals surface area (Å²) in [6, 6.07) is 2.14. The van der Waals surface area contributed by atoms with E-state index < -0.39 is 0 Å². The molecule has 0 saturated carbocycles. The number of halogens is 1. The van der Waals surface area contributed by atoms with Crippen LogP contribution < -0.4 is 4.74 Å². The van der Waals surface area contributed by atoms with Crippen molar-refractivity contribution in [3.05, 3.63) is 21.8 Å². The number of hydrogen-bond acceptors (Lipinski definition) is 2. The number of aryl methyl sites for hydroxylation is 2. The van der Waals surface area contributed by atoms with E-state index in [0.29, 0.717) is 5.88 Å². The van der Waals surface area contributed by atoms with Gasteiger partial charge in [0.1, 0.15) is 0 Å². The predicted octanol–water partition coefficient (Wildman–Crippen LogP) is 2.73. The molecule has 3 heteroatoms. The summed E-state index contributed by atoms with van der Waals surface area (Å²) in [4.78, 5) is 4.46. The molecule has 0 atom stereocenters. The van der Waals surface area contributed by atoms with Crippen LogP contribution in [-0.2, 0) is 12.8 Å². The normalized spacial score (nSPS) is 15.2. The van der Waals surface area contributed by atoms with Gasteiger partial charge in [0, 0.05) is 5.69 Å². The van der Waals surface area contributed by atoms with Crippen LogP contribution in [0.25, 0.3) is 0 Å². The van der Waals surface area contributed by atoms with Crippen LogP contribution in [0.3, 0.4) is 0 Å². The first-order valence-corrected chi connectivity index (χ1v) is 5.33. The molecule has 0 fully saturated rings. The Morgan fingerprint density at radius 2 is 2.15 bits per heavy atom. The van der Waals surface area contributed by atoms with Gasteiger partial charge in [-0.2, -0.15) is 0 Å². The molecule has 13 heavy (non-hydrogen) atoms. The van der Waals surface area contributed by atoms with Crippen LogP contribution >= 0.6 is 15.9 Å². The maximum atomic E-state index is 5.15. The lowest BCUT2D eigenvalue weighted by Gasteiger charge is -2.15. The topological polar surface area (TPSA) is 22.1 Å². The minimum Gasteiger partial charge on any atom is -0.480 e. The van der Waals surface area contributed by atoms with Crippen molar-refractivity contribution in [2.75, 3.05) is 7.11 Å². The van der Waals surface area contributed by atoms with Crippen molar-refractivity contribution < 1.29 is 4.74 Å². The lowest BCUT2D eigenvalue weighted by atomic mass is 9.96. The number of hydrogen-bond donors (Lipinski definition) is 0. The molecule has 70 valence electrons. The predicted molar refractivity (Wildman–Crippen MR) is 55.1 cm³/mol. The van der Waals surface area contributed by atoms with Gasteiger partial charge in [-0.3, -0.25) is 0 Å². The highest BCUT2D eigenvalue weighted by Gasteiger charge is 2.13. The molecular weight excluding hydrogens is 230 g/mol. The van der Waals surface area contributed by atoms with Crippen molar-refractivity contribution in [1.29, 1.82) is 0 Å². The van der Waals surface area contributed by atoms with Crippen molar-refractivity contribution in [2.45, 2.75) is 25.7 Å². The second-order valence-corrected chi connectivity index (χ2v) is 4.15. The number of methoxy groups -OCH3 is 1. The zero-order chi connectivity index (χ0) is 9.26. The smallest absolute Gasteiger partial charge is 0.227 e. The third-order valence-corrected chi connectivity index (χ3v) is 2.98. The van der Waals surface area contributed by atoms with Gasteiger partial charge < -0.3 is 4.74 Å². The van der Waals surface area contributed by atoms with Gasteiger partial charge in [0.05, 0.1) is 11.6 Å². The van der Waals surface area contributed by atoms with Crippen molar-refractivity contribution in [2.24, 2.45) is 0 Å². The van der Waals surface area contributed by atoms with Crippen LogP contribution in [-0.4, -0.2) is 12.1 Å². The van der Waals surface area contributed by atoms with Crippen molar-refractivity contribution in [3.63, 3.8) is 0 Å². The van der Waals surface area contributed by atoms with Crippen LogP contribution in [0, 0.1) is 0 Å². The highest BCUT2D eigenvalue weighted by atomic mass is 79.9. The molecule has 0 saturated heterocycles. The highest BCUT2D eigenvalue weighted by Crippen LogP contribution is 2.29. The number of ether oxygens (including phenoxy) is 1. The monoisotopic (exact) mass is 241 g/mol. The molecule has 1 aliphatic rings. The first-order valence-electron chi connectivity index (χ1n) is 4.53. The summed E-state index contributed by atoms with van der Waals surface area (Å²) in [7, 11) is 1.66. The lowest BCUT2D eigenvalue weighted by molar-refractivity contribution is 0.392. The Hall–Kier alpha value is -0.570. The Kier molecular flexibility index (Phi) is 2.54. The van der Waals surface area contributed by atoms with E-state index in [1.165, 1.54) is 24.1 Å². The Morgan fingerprint density at radius 1 is 1.38 bits per heavy atom. The number of nitrogens with zero attached hydrogens (tertiary/aromatic N) is 1. The average molecular weight is 242 g/mol. The summed E-state index contributed by atoms with van der Waals surface area (Å²) in [5.41, 5.74) is 2.59. The van der Waals surface area contributed by atoms with Gasteiger partial charge in [0.25, 0.3) is 0 Å². The Bertz CT molecular complexity index is 325. The fourth-order valence-corrected chi connectivity index (χ4v) is 2.26. The fourth-order valence-electron chi connectivity index (χ4n) is 1.73. The summed E-state index contributed by atoms with van der Waals surface area (Å²) in [6.45, 7) is 0. The molecule has 0 bridgehead atoms. The Labute approximate surface area is 86.5 Å². The minimum atomic E-state index is 0.709. The maximum Gasteiger partial charge on any atom is 0.227 e. The molecule has 0 N–H and O–H groups in total. The van der Waals surface area contributed by atoms with Gasteiger partial charge in [-0.15, -0.1) is 0 Å². The van der Waals surface area contributed by atoms with Crippen LogP contribution in [0.4, 0.5) is 0 Å². The van der Waals surface area contributed by atoms with Crippen LogP contribution in [0.1, 0.15) is 24.1 Å². The zero-order valence-electron chi connectivity index (χ0n) is 7.64. The van der Waals surface area contributed by atoms with Gasteiger partial charge in [-0.25, -0.2) is 4.98 Å². The number of aromatic nitrogens is 1. The van der Waals surface area contributed by atoms with Gasteiger partial charge in [0.15, 0.2) is 0 Å². The number of fused-ring (bicyclic) bond motifs is 1. The fraction of sp³-hybridized carbons (Fsp3) is 0.500. The summed E-state index contributed by atoms with van der Waals surface area (Å²) in [5, 5.41) is 0. The average Bonchev–Trinajstić information content (AvgIpc) is 2.17. The molecule has 0 amide bonds. The number of rotatable bonds is 1. The lowest BCUT2D eigenvalue weighted by Crippen LogP contribution is -2.06. The van der Waals surface area contributed by atoms with Crippen LogP contribution in [0.15, 0.2) is 10.5 Å². The molecule has 0 radical (unpaired) electrons. The molecule has 0 spiro atoms. The van der Waals surface area contributed by atoms with Gasteiger partial charge in [-0.1, -0.05) is 0 Å². The number of pyridine rings is 1. The van der Waals surface area contributed by atoms with Crippen LogP contribution in [0.5, 0.6) is 5.88 Å². The molecule has 2 rings (SSSR count). The van der Waals surface area contributed by atoms with Gasteiger partial charge in [0.2, 0.25) is 5.88 Å². The van der Waals surface area contributed by atoms with Crippen molar-refractivity contribution in [3.8, 4) is 5.88 Å². The molecule has 0 unspecified atom stereocenters. The molecule has 0 aliphatic heterocycles. The first-order chi connectivity index (χ1) is 6.31. The van der Waals surface area contributed by atoms with Gasteiger partial charge in [-0.05, 0) is 53.2 Å². The molecule has 1 aromatic rings. The molecule has 0 aromatic carbocycles. The van der Waals surface area contributed by atoms with Crippen LogP contribution in [0.2, 0.25) is 0 Å². The van der Waals surface area contributed by atoms with E-state index >= 15 is 0 Å². The second-order valence-electron chi connectivity index (χ2n) is 3.29. The summed E-state index contributed by atoms with van der Waals surface area (Å²) in [6.07, 6.45) is 4.79. The molecule has 1 aliphatic carbocycles. The van der Waals surface area contributed by atoms with E-state index in [0.717, 1.165) is 17.3 Å². The quantitative estimate of drug-likeness (QED) is 0.755. The Balaban J connectivity index is 2.44. The molecular formula is C10H12BrNO. The maximum absolute atomic E-state index is 5.15. The third-order valence-electron chi connectivity index (χ3n) is 2.42. The first kappa shape index (κ1) is 9.00. The Morgan fingerprint density at radius 3 is 2.92 bits per heavy atom. The van der Waals surface area contributed by atoms with E-state index in [9.17, 15) is 0 Å². The molecule has 1 aromatic heterocycles. The standard InChI is InChI=1S/C10H12BrNO/c1-13-10-8(11)6-7-4-2-3-5-9(7)12-10/h6H,2-5H2,1H3.